The number of nitriles is 1. The number of nitrogens with zero attached hydrogens (tertiary/aromatic N) is 2. The molecule has 2 aromatic rings. The van der Waals surface area contributed by atoms with E-state index in [4.69, 9.17) is 0 Å². The maximum atomic E-state index is 15.0. The zero-order chi connectivity index (χ0) is 23.3. The fourth-order valence-corrected chi connectivity index (χ4v) is 7.36. The fourth-order valence-electron chi connectivity index (χ4n) is 5.17. The summed E-state index contributed by atoms with van der Waals surface area (Å²) in [7, 11) is -3.79. The summed E-state index contributed by atoms with van der Waals surface area (Å²) in [6.07, 6.45) is 1.10. The van der Waals surface area contributed by atoms with Gasteiger partial charge in [0.05, 0.1) is 17.1 Å². The van der Waals surface area contributed by atoms with Crippen molar-refractivity contribution in [1.82, 2.24) is 4.31 Å². The highest BCUT2D eigenvalue weighted by atomic mass is 32.2. The average Bonchev–Trinajstić information content (AvgIpc) is 2.71. The Hall–Kier alpha value is -2.34. The van der Waals surface area contributed by atoms with Gasteiger partial charge in [0.25, 0.3) is 0 Å². The molecule has 1 aliphatic carbocycles. The van der Waals surface area contributed by atoms with Crippen molar-refractivity contribution >= 4 is 10.0 Å². The van der Waals surface area contributed by atoms with Crippen LogP contribution in [0.5, 0.6) is 0 Å². The van der Waals surface area contributed by atoms with E-state index in [1.165, 1.54) is 4.31 Å². The lowest BCUT2D eigenvalue weighted by molar-refractivity contribution is -0.0566. The van der Waals surface area contributed by atoms with Gasteiger partial charge in [0.15, 0.2) is 0 Å². The molecule has 0 spiro atoms. The molecule has 170 valence electrons. The van der Waals surface area contributed by atoms with E-state index >= 15 is 8.78 Å². The van der Waals surface area contributed by atoms with Gasteiger partial charge in [-0.3, -0.25) is 0 Å². The van der Waals surface area contributed by atoms with Crippen LogP contribution in [0.4, 0.5) is 8.78 Å². The molecule has 1 saturated heterocycles. The van der Waals surface area contributed by atoms with Crippen LogP contribution in [0.15, 0.2) is 42.5 Å². The van der Waals surface area contributed by atoms with Crippen molar-refractivity contribution in [2.45, 2.75) is 68.4 Å². The van der Waals surface area contributed by atoms with Crippen LogP contribution < -0.4 is 0 Å². The maximum Gasteiger partial charge on any atom is 0.221 e. The summed E-state index contributed by atoms with van der Waals surface area (Å²) in [4.78, 5) is 0. The summed E-state index contributed by atoms with van der Waals surface area (Å²) in [5, 5.41) is 18.9. The van der Waals surface area contributed by atoms with Crippen LogP contribution in [0.1, 0.15) is 61.5 Å². The van der Waals surface area contributed by atoms with E-state index in [1.54, 1.807) is 38.1 Å². The smallest absolute Gasteiger partial charge is 0.221 e. The second kappa shape index (κ2) is 7.91. The second-order valence-corrected chi connectivity index (χ2v) is 11.5. The minimum atomic E-state index is -3.79. The standard InChI is InChI=1S/C24H26F2N2O3S/c1-16-8-9-22(17-6-4-3-5-7-17)32(30,31)28(16)12-18-10-21(26)19(11-20(18)25)24(15-27)13-23(2,29)14-24/h3-7,10-11,16,22,29H,8-9,12-14H2,1-2H3/t16-,22+,23?,24?/m0/s1. The molecule has 2 aromatic carbocycles. The van der Waals surface area contributed by atoms with Crippen LogP contribution >= 0.6 is 0 Å². The van der Waals surface area contributed by atoms with E-state index < -0.39 is 37.9 Å². The molecule has 32 heavy (non-hydrogen) atoms. The SMILES string of the molecule is C[C@H]1CC[C@H](c2ccccc2)S(=O)(=O)N1Cc1cc(F)c(C2(C#N)CC(C)(O)C2)cc1F. The predicted octanol–water partition coefficient (Wildman–Crippen LogP) is 4.33. The van der Waals surface area contributed by atoms with Gasteiger partial charge in [-0.1, -0.05) is 30.3 Å². The van der Waals surface area contributed by atoms with Crippen molar-refractivity contribution in [1.29, 1.82) is 5.26 Å². The summed E-state index contributed by atoms with van der Waals surface area (Å²) in [6.45, 7) is 3.03. The quantitative estimate of drug-likeness (QED) is 0.737. The zero-order valence-electron chi connectivity index (χ0n) is 18.1. The molecular formula is C24H26F2N2O3S. The van der Waals surface area contributed by atoms with Gasteiger partial charge in [0.2, 0.25) is 10.0 Å². The number of benzene rings is 2. The monoisotopic (exact) mass is 460 g/mol. The first-order chi connectivity index (χ1) is 15.0. The summed E-state index contributed by atoms with van der Waals surface area (Å²) in [6, 6.07) is 12.6. The van der Waals surface area contributed by atoms with Gasteiger partial charge in [-0.15, -0.1) is 0 Å². The van der Waals surface area contributed by atoms with E-state index in [2.05, 4.69) is 0 Å². The first kappa shape index (κ1) is 22.8. The van der Waals surface area contributed by atoms with E-state index in [1.807, 2.05) is 12.1 Å². The number of aliphatic hydroxyl groups is 1. The topological polar surface area (TPSA) is 81.4 Å². The molecule has 0 unspecified atom stereocenters. The Bertz CT molecular complexity index is 1170. The van der Waals surface area contributed by atoms with Crippen LogP contribution in [0.25, 0.3) is 0 Å². The Balaban J connectivity index is 1.65. The highest BCUT2D eigenvalue weighted by molar-refractivity contribution is 7.89. The Morgan fingerprint density at radius 1 is 1.16 bits per heavy atom. The number of rotatable bonds is 4. The van der Waals surface area contributed by atoms with Crippen LogP contribution in [0.2, 0.25) is 0 Å². The average molecular weight is 461 g/mol. The van der Waals surface area contributed by atoms with Gasteiger partial charge in [-0.2, -0.15) is 9.57 Å². The lowest BCUT2D eigenvalue weighted by Gasteiger charge is -2.47. The Morgan fingerprint density at radius 2 is 1.81 bits per heavy atom. The van der Waals surface area contributed by atoms with Gasteiger partial charge in [-0.05, 0) is 57.2 Å². The highest BCUT2D eigenvalue weighted by Gasteiger charge is 2.54. The zero-order valence-corrected chi connectivity index (χ0v) is 18.9. The van der Waals surface area contributed by atoms with Crippen LogP contribution in [-0.2, 0) is 22.0 Å². The molecule has 1 saturated carbocycles. The fraction of sp³-hybridized carbons (Fsp3) is 0.458. The number of hydrogen-bond donors (Lipinski definition) is 1. The van der Waals surface area contributed by atoms with Crippen molar-refractivity contribution in [3.8, 4) is 6.07 Å². The molecule has 2 atom stereocenters. The Kier molecular flexibility index (Phi) is 5.64. The third-order valence-electron chi connectivity index (χ3n) is 6.75. The highest BCUT2D eigenvalue weighted by Crippen LogP contribution is 2.50. The summed E-state index contributed by atoms with van der Waals surface area (Å²) in [5.74, 6) is -1.52. The molecule has 0 amide bonds. The third kappa shape index (κ3) is 3.83. The van der Waals surface area contributed by atoms with Gasteiger partial charge >= 0.3 is 0 Å². The first-order valence-electron chi connectivity index (χ1n) is 10.7. The third-order valence-corrected chi connectivity index (χ3v) is 9.12. The van der Waals surface area contributed by atoms with Crippen molar-refractivity contribution in [2.24, 2.45) is 0 Å². The van der Waals surface area contributed by atoms with Crippen LogP contribution in [0, 0.1) is 23.0 Å². The minimum absolute atomic E-state index is 0.0164. The van der Waals surface area contributed by atoms with E-state index in [0.29, 0.717) is 18.4 Å². The number of hydrogen-bond acceptors (Lipinski definition) is 4. The molecule has 4 rings (SSSR count). The number of sulfonamides is 1. The van der Waals surface area contributed by atoms with Crippen molar-refractivity contribution in [3.63, 3.8) is 0 Å². The van der Waals surface area contributed by atoms with E-state index in [0.717, 1.165) is 12.1 Å². The largest absolute Gasteiger partial charge is 0.390 e. The maximum absolute atomic E-state index is 15.0. The molecule has 0 bridgehead atoms. The van der Waals surface area contributed by atoms with Crippen LogP contribution in [-0.4, -0.2) is 29.5 Å². The van der Waals surface area contributed by atoms with E-state index in [-0.39, 0.29) is 36.6 Å². The van der Waals surface area contributed by atoms with E-state index in [9.17, 15) is 18.8 Å². The van der Waals surface area contributed by atoms with Crippen LogP contribution in [0.3, 0.4) is 0 Å². The summed E-state index contributed by atoms with van der Waals surface area (Å²) < 4.78 is 58.0. The van der Waals surface area contributed by atoms with Gasteiger partial charge < -0.3 is 5.11 Å². The molecule has 0 radical (unpaired) electrons. The number of halogens is 2. The molecule has 2 aliphatic rings. The van der Waals surface area contributed by atoms with Crippen molar-refractivity contribution < 1.29 is 22.3 Å². The molecular weight excluding hydrogens is 434 g/mol. The van der Waals surface area contributed by atoms with Crippen molar-refractivity contribution in [2.75, 3.05) is 0 Å². The predicted molar refractivity (Wildman–Crippen MR) is 116 cm³/mol. The Labute approximate surface area is 187 Å². The molecule has 1 N–H and O–H groups in total. The molecule has 2 fully saturated rings. The normalized spacial score (nSPS) is 32.1. The van der Waals surface area contributed by atoms with Gasteiger partial charge in [0, 0.05) is 23.7 Å². The lowest BCUT2D eigenvalue weighted by atomic mass is 9.57. The molecule has 1 aliphatic heterocycles. The Morgan fingerprint density at radius 3 is 2.41 bits per heavy atom. The second-order valence-electron chi connectivity index (χ2n) is 9.38. The first-order valence-corrected chi connectivity index (χ1v) is 12.2. The van der Waals surface area contributed by atoms with Crippen molar-refractivity contribution in [3.05, 3.63) is 70.8 Å². The molecule has 1 heterocycles. The lowest BCUT2D eigenvalue weighted by Crippen LogP contribution is -2.52. The summed E-state index contributed by atoms with van der Waals surface area (Å²) >= 11 is 0. The molecule has 0 aromatic heterocycles. The molecule has 5 nitrogen and oxygen atoms in total. The molecule has 8 heteroatoms. The minimum Gasteiger partial charge on any atom is -0.390 e. The van der Waals surface area contributed by atoms with Gasteiger partial charge in [-0.25, -0.2) is 17.2 Å². The van der Waals surface area contributed by atoms with Gasteiger partial charge in [0.1, 0.15) is 16.9 Å². The summed E-state index contributed by atoms with van der Waals surface area (Å²) in [5.41, 5.74) is -1.87.